The zero-order chi connectivity index (χ0) is 15.8. The lowest BCUT2D eigenvalue weighted by molar-refractivity contribution is -0.144. The summed E-state index contributed by atoms with van der Waals surface area (Å²) in [5, 5.41) is 11.9. The summed E-state index contributed by atoms with van der Waals surface area (Å²) < 4.78 is 10.3. The van der Waals surface area contributed by atoms with Crippen molar-refractivity contribution in [1.82, 2.24) is 5.32 Å². The van der Waals surface area contributed by atoms with Gasteiger partial charge in [-0.25, -0.2) is 4.79 Å². The number of benzene rings is 1. The van der Waals surface area contributed by atoms with Crippen LogP contribution in [0, 0.1) is 11.8 Å². The molecule has 6 heteroatoms. The molecule has 1 aliphatic rings. The van der Waals surface area contributed by atoms with Gasteiger partial charge in [0.25, 0.3) is 0 Å². The summed E-state index contributed by atoms with van der Waals surface area (Å²) in [7, 11) is 0. The number of amides is 1. The first-order valence-corrected chi connectivity index (χ1v) is 7.42. The molecule has 1 aliphatic heterocycles. The van der Waals surface area contributed by atoms with E-state index in [9.17, 15) is 14.7 Å². The molecule has 1 heterocycles. The highest BCUT2D eigenvalue weighted by Gasteiger charge is 2.30. The zero-order valence-electron chi connectivity index (χ0n) is 12.4. The summed E-state index contributed by atoms with van der Waals surface area (Å²) in [5.74, 6) is -1.47. The minimum absolute atomic E-state index is 0.0284. The van der Waals surface area contributed by atoms with E-state index in [1.807, 2.05) is 30.3 Å². The molecular formula is C16H21NO5. The zero-order valence-corrected chi connectivity index (χ0v) is 12.4. The third-order valence-corrected chi connectivity index (χ3v) is 3.83. The molecule has 1 amide bonds. The van der Waals surface area contributed by atoms with Gasteiger partial charge in [-0.05, 0) is 24.3 Å². The van der Waals surface area contributed by atoms with E-state index < -0.39 is 18.0 Å². The van der Waals surface area contributed by atoms with Gasteiger partial charge in [0, 0.05) is 19.8 Å². The van der Waals surface area contributed by atoms with Gasteiger partial charge in [0.2, 0.25) is 0 Å². The number of aliphatic carboxylic acids is 1. The second kappa shape index (κ2) is 8.38. The lowest BCUT2D eigenvalue weighted by atomic mass is 9.86. The smallest absolute Gasteiger partial charge is 0.407 e. The van der Waals surface area contributed by atoms with Gasteiger partial charge >= 0.3 is 12.1 Å². The topological polar surface area (TPSA) is 84.9 Å². The summed E-state index contributed by atoms with van der Waals surface area (Å²) in [5.41, 5.74) is 0.886. The Morgan fingerprint density at radius 1 is 1.27 bits per heavy atom. The van der Waals surface area contributed by atoms with Crippen LogP contribution >= 0.6 is 0 Å². The molecule has 1 atom stereocenters. The molecule has 0 spiro atoms. The molecule has 1 saturated heterocycles. The van der Waals surface area contributed by atoms with Crippen molar-refractivity contribution in [3.8, 4) is 0 Å². The molecule has 2 N–H and O–H groups in total. The number of carboxylic acid groups (broad SMARTS) is 1. The number of hydrogen-bond acceptors (Lipinski definition) is 4. The summed E-state index contributed by atoms with van der Waals surface area (Å²) in [4.78, 5) is 23.0. The maximum absolute atomic E-state index is 11.7. The fourth-order valence-corrected chi connectivity index (χ4v) is 2.54. The van der Waals surface area contributed by atoms with E-state index in [1.165, 1.54) is 0 Å². The number of carbonyl (C=O) groups is 2. The van der Waals surface area contributed by atoms with Crippen molar-refractivity contribution in [3.05, 3.63) is 35.9 Å². The number of ether oxygens (including phenoxy) is 2. The molecule has 0 radical (unpaired) electrons. The highest BCUT2D eigenvalue weighted by molar-refractivity contribution is 5.72. The highest BCUT2D eigenvalue weighted by atomic mass is 16.5. The van der Waals surface area contributed by atoms with E-state index in [4.69, 9.17) is 9.47 Å². The van der Waals surface area contributed by atoms with Crippen LogP contribution in [0.1, 0.15) is 18.4 Å². The molecule has 1 aromatic carbocycles. The maximum Gasteiger partial charge on any atom is 0.407 e. The van der Waals surface area contributed by atoms with Crippen LogP contribution in [0.3, 0.4) is 0 Å². The van der Waals surface area contributed by atoms with Crippen molar-refractivity contribution in [2.75, 3.05) is 19.8 Å². The van der Waals surface area contributed by atoms with Gasteiger partial charge in [0.1, 0.15) is 6.61 Å². The Morgan fingerprint density at radius 2 is 1.95 bits per heavy atom. The van der Waals surface area contributed by atoms with E-state index in [0.717, 1.165) is 5.56 Å². The first-order chi connectivity index (χ1) is 10.7. The molecule has 0 bridgehead atoms. The molecular weight excluding hydrogens is 286 g/mol. The van der Waals surface area contributed by atoms with E-state index in [0.29, 0.717) is 26.1 Å². The first-order valence-electron chi connectivity index (χ1n) is 7.42. The Kier molecular flexibility index (Phi) is 6.21. The molecule has 0 saturated carbocycles. The fourth-order valence-electron chi connectivity index (χ4n) is 2.54. The van der Waals surface area contributed by atoms with Gasteiger partial charge < -0.3 is 19.9 Å². The molecule has 1 aromatic rings. The van der Waals surface area contributed by atoms with Crippen LogP contribution in [-0.2, 0) is 20.9 Å². The Labute approximate surface area is 129 Å². The molecule has 0 aliphatic carbocycles. The predicted molar refractivity (Wildman–Crippen MR) is 79.3 cm³/mol. The number of rotatable bonds is 6. The lowest BCUT2D eigenvalue weighted by Crippen LogP contribution is -2.39. The Morgan fingerprint density at radius 3 is 2.59 bits per heavy atom. The normalized spacial score (nSPS) is 16.7. The minimum atomic E-state index is -0.893. The molecule has 6 nitrogen and oxygen atoms in total. The van der Waals surface area contributed by atoms with E-state index in [-0.39, 0.29) is 19.1 Å². The van der Waals surface area contributed by atoms with Gasteiger partial charge in [0.15, 0.2) is 0 Å². The number of carboxylic acids is 1. The number of nitrogens with one attached hydrogen (secondary N) is 1. The van der Waals surface area contributed by atoms with Gasteiger partial charge in [-0.15, -0.1) is 0 Å². The summed E-state index contributed by atoms with van der Waals surface area (Å²) in [6.07, 6.45) is 0.817. The van der Waals surface area contributed by atoms with Crippen molar-refractivity contribution >= 4 is 12.1 Å². The molecule has 1 unspecified atom stereocenters. The molecule has 0 aromatic heterocycles. The number of hydrogen-bond donors (Lipinski definition) is 2. The second-order valence-electron chi connectivity index (χ2n) is 5.34. The summed E-state index contributed by atoms with van der Waals surface area (Å²) in [6.45, 7) is 1.40. The van der Waals surface area contributed by atoms with Crippen LogP contribution in [-0.4, -0.2) is 36.9 Å². The van der Waals surface area contributed by atoms with Crippen molar-refractivity contribution < 1.29 is 24.2 Å². The second-order valence-corrected chi connectivity index (χ2v) is 5.34. The monoisotopic (exact) mass is 307 g/mol. The number of alkyl carbamates (subject to hydrolysis) is 1. The van der Waals surface area contributed by atoms with E-state index >= 15 is 0 Å². The predicted octanol–water partition coefficient (Wildman–Crippen LogP) is 2.04. The SMILES string of the molecule is O=C(NCC(C(=O)O)C1CCOCC1)OCc1ccccc1. The van der Waals surface area contributed by atoms with Gasteiger partial charge in [-0.1, -0.05) is 30.3 Å². The van der Waals surface area contributed by atoms with Gasteiger partial charge in [-0.2, -0.15) is 0 Å². The maximum atomic E-state index is 11.7. The first kappa shape index (κ1) is 16.3. The Balaban J connectivity index is 1.76. The quantitative estimate of drug-likeness (QED) is 0.840. The molecule has 1 fully saturated rings. The Bertz CT molecular complexity index is 485. The minimum Gasteiger partial charge on any atom is -0.481 e. The van der Waals surface area contributed by atoms with E-state index in [1.54, 1.807) is 0 Å². The summed E-state index contributed by atoms with van der Waals surface area (Å²) >= 11 is 0. The van der Waals surface area contributed by atoms with Gasteiger partial charge in [-0.3, -0.25) is 4.79 Å². The average Bonchev–Trinajstić information content (AvgIpc) is 2.55. The van der Waals surface area contributed by atoms with Crippen molar-refractivity contribution in [1.29, 1.82) is 0 Å². The Hall–Kier alpha value is -2.08. The van der Waals surface area contributed by atoms with E-state index in [2.05, 4.69) is 5.32 Å². The van der Waals surface area contributed by atoms with Crippen LogP contribution in [0.5, 0.6) is 0 Å². The average molecular weight is 307 g/mol. The van der Waals surface area contributed by atoms with Crippen LogP contribution < -0.4 is 5.32 Å². The van der Waals surface area contributed by atoms with Crippen molar-refractivity contribution in [3.63, 3.8) is 0 Å². The van der Waals surface area contributed by atoms with Crippen molar-refractivity contribution in [2.24, 2.45) is 11.8 Å². The highest BCUT2D eigenvalue weighted by Crippen LogP contribution is 2.23. The van der Waals surface area contributed by atoms with Crippen LogP contribution in [0.15, 0.2) is 30.3 Å². The lowest BCUT2D eigenvalue weighted by Gasteiger charge is -2.27. The third-order valence-electron chi connectivity index (χ3n) is 3.83. The molecule has 22 heavy (non-hydrogen) atoms. The standard InChI is InChI=1S/C16H21NO5/c18-15(19)14(13-6-8-21-9-7-13)10-17-16(20)22-11-12-4-2-1-3-5-12/h1-5,13-14H,6-11H2,(H,17,20)(H,18,19). The van der Waals surface area contributed by atoms with Crippen LogP contribution in [0.2, 0.25) is 0 Å². The summed E-state index contributed by atoms with van der Waals surface area (Å²) in [6, 6.07) is 9.32. The molecule has 2 rings (SSSR count). The largest absolute Gasteiger partial charge is 0.481 e. The van der Waals surface area contributed by atoms with Crippen molar-refractivity contribution in [2.45, 2.75) is 19.4 Å². The fraction of sp³-hybridized carbons (Fsp3) is 0.500. The van der Waals surface area contributed by atoms with Crippen LogP contribution in [0.4, 0.5) is 4.79 Å². The third kappa shape index (κ3) is 5.04. The van der Waals surface area contributed by atoms with Gasteiger partial charge in [0.05, 0.1) is 5.92 Å². The molecule has 120 valence electrons. The number of carbonyl (C=O) groups excluding carboxylic acids is 1. The van der Waals surface area contributed by atoms with Crippen LogP contribution in [0.25, 0.3) is 0 Å².